The summed E-state index contributed by atoms with van der Waals surface area (Å²) in [5, 5.41) is 2.55. The number of rotatable bonds is 6. The molecule has 4 aliphatic rings. The third kappa shape index (κ3) is 5.24. The smallest absolute Gasteiger partial charge is 0.0468 e. The van der Waals surface area contributed by atoms with Gasteiger partial charge in [-0.25, -0.2) is 0 Å². The summed E-state index contributed by atoms with van der Waals surface area (Å²) in [6, 6.07) is 64.3. The summed E-state index contributed by atoms with van der Waals surface area (Å²) >= 11 is 0. The number of fused-ring (bicyclic) bond motifs is 9. The lowest BCUT2D eigenvalue weighted by molar-refractivity contribution is 0.415. The first-order valence-electron chi connectivity index (χ1n) is 22.3. The molecule has 2 bridgehead atoms. The van der Waals surface area contributed by atoms with Gasteiger partial charge in [0.25, 0.3) is 0 Å². The SMILES string of the molecule is CC1(C)c2ccccc2-c2cc(N(c3ccc(-c4cccc5cccc(-c6ccccc6)c45)cc3)c3ccc4c(c3)-c3cccc(C5CC6CCC5C6)c3C4(C)C)ccc21. The minimum atomic E-state index is -0.0482. The van der Waals surface area contributed by atoms with Gasteiger partial charge in [0, 0.05) is 27.9 Å². The van der Waals surface area contributed by atoms with Crippen LogP contribution in [0.2, 0.25) is 0 Å². The Bertz CT molecular complexity index is 3000. The van der Waals surface area contributed by atoms with Crippen LogP contribution >= 0.6 is 0 Å². The Hall–Kier alpha value is -6.18. The Morgan fingerprint density at radius 3 is 1.68 bits per heavy atom. The minimum absolute atomic E-state index is 0.0476. The predicted molar refractivity (Wildman–Crippen MR) is 253 cm³/mol. The molecular formula is C59H51N. The molecule has 0 saturated heterocycles. The van der Waals surface area contributed by atoms with Crippen LogP contribution < -0.4 is 4.90 Å². The third-order valence-corrected chi connectivity index (χ3v) is 15.3. The molecule has 0 aromatic heterocycles. The highest BCUT2D eigenvalue weighted by atomic mass is 15.1. The van der Waals surface area contributed by atoms with Gasteiger partial charge >= 0.3 is 0 Å². The maximum Gasteiger partial charge on any atom is 0.0468 e. The zero-order valence-electron chi connectivity index (χ0n) is 35.2. The van der Waals surface area contributed by atoms with Gasteiger partial charge in [-0.1, -0.05) is 168 Å². The summed E-state index contributed by atoms with van der Waals surface area (Å²) in [5.41, 5.74) is 21.3. The first kappa shape index (κ1) is 35.7. The zero-order valence-corrected chi connectivity index (χ0v) is 35.2. The molecule has 12 rings (SSSR count). The van der Waals surface area contributed by atoms with Crippen molar-refractivity contribution < 1.29 is 0 Å². The molecule has 0 radical (unpaired) electrons. The summed E-state index contributed by atoms with van der Waals surface area (Å²) in [6.07, 6.45) is 5.63. The van der Waals surface area contributed by atoms with Gasteiger partial charge in [-0.3, -0.25) is 0 Å². The lowest BCUT2D eigenvalue weighted by Gasteiger charge is -2.30. The van der Waals surface area contributed by atoms with E-state index in [9.17, 15) is 0 Å². The van der Waals surface area contributed by atoms with E-state index in [0.717, 1.165) is 17.5 Å². The average molecular weight is 774 g/mol. The van der Waals surface area contributed by atoms with Crippen LogP contribution in [0.15, 0.2) is 170 Å². The van der Waals surface area contributed by atoms with Crippen LogP contribution in [0.5, 0.6) is 0 Å². The van der Waals surface area contributed by atoms with Crippen LogP contribution in [0.25, 0.3) is 55.3 Å². The predicted octanol–water partition coefficient (Wildman–Crippen LogP) is 16.2. The molecule has 0 amide bonds. The number of anilines is 3. The van der Waals surface area contributed by atoms with E-state index in [1.807, 2.05) is 0 Å². The first-order valence-corrected chi connectivity index (χ1v) is 22.3. The fourth-order valence-corrected chi connectivity index (χ4v) is 12.5. The second-order valence-corrected chi connectivity index (χ2v) is 19.3. The molecule has 0 aliphatic heterocycles. The van der Waals surface area contributed by atoms with Crippen molar-refractivity contribution in [1.29, 1.82) is 0 Å². The summed E-state index contributed by atoms with van der Waals surface area (Å²) in [7, 11) is 0. The highest BCUT2D eigenvalue weighted by Gasteiger charge is 2.45. The van der Waals surface area contributed by atoms with Gasteiger partial charge in [0.05, 0.1) is 0 Å². The fourth-order valence-electron chi connectivity index (χ4n) is 12.5. The number of hydrogen-bond acceptors (Lipinski definition) is 1. The van der Waals surface area contributed by atoms with Gasteiger partial charge in [-0.05, 0) is 157 Å². The second-order valence-electron chi connectivity index (χ2n) is 19.3. The first-order chi connectivity index (χ1) is 29.3. The van der Waals surface area contributed by atoms with E-state index >= 15 is 0 Å². The molecule has 2 fully saturated rings. The largest absolute Gasteiger partial charge is 0.310 e. The van der Waals surface area contributed by atoms with Gasteiger partial charge in [-0.2, -0.15) is 0 Å². The monoisotopic (exact) mass is 773 g/mol. The van der Waals surface area contributed by atoms with Crippen LogP contribution in [-0.4, -0.2) is 0 Å². The van der Waals surface area contributed by atoms with E-state index in [4.69, 9.17) is 0 Å². The molecule has 8 aromatic carbocycles. The lowest BCUT2D eigenvalue weighted by atomic mass is 9.74. The maximum atomic E-state index is 2.50. The van der Waals surface area contributed by atoms with Crippen LogP contribution in [0.1, 0.15) is 87.1 Å². The molecule has 1 nitrogen and oxygen atoms in total. The molecule has 4 aliphatic carbocycles. The van der Waals surface area contributed by atoms with E-state index in [1.54, 1.807) is 11.1 Å². The Balaban J connectivity index is 1.01. The Morgan fingerprint density at radius 2 is 1.00 bits per heavy atom. The third-order valence-electron chi connectivity index (χ3n) is 15.3. The van der Waals surface area contributed by atoms with Crippen molar-refractivity contribution in [2.45, 2.75) is 70.1 Å². The van der Waals surface area contributed by atoms with Gasteiger partial charge in [0.1, 0.15) is 0 Å². The van der Waals surface area contributed by atoms with Crippen LogP contribution in [0.4, 0.5) is 17.1 Å². The molecule has 0 heterocycles. The summed E-state index contributed by atoms with van der Waals surface area (Å²) in [5.74, 6) is 2.47. The molecule has 0 N–H and O–H groups in total. The molecule has 3 atom stereocenters. The van der Waals surface area contributed by atoms with Gasteiger partial charge < -0.3 is 4.90 Å². The second kappa shape index (κ2) is 13.2. The lowest BCUT2D eigenvalue weighted by Crippen LogP contribution is -2.20. The zero-order chi connectivity index (χ0) is 40.3. The van der Waals surface area contributed by atoms with Crippen LogP contribution in [0, 0.1) is 11.8 Å². The Morgan fingerprint density at radius 1 is 0.433 bits per heavy atom. The number of nitrogens with zero attached hydrogens (tertiary/aromatic N) is 1. The topological polar surface area (TPSA) is 3.24 Å². The normalized spacial score (nSPS) is 19.8. The quantitative estimate of drug-likeness (QED) is 0.163. The molecular weight excluding hydrogens is 723 g/mol. The Labute approximate surface area is 355 Å². The van der Waals surface area contributed by atoms with Crippen LogP contribution in [-0.2, 0) is 10.8 Å². The highest BCUT2D eigenvalue weighted by molar-refractivity contribution is 6.06. The number of benzene rings is 8. The number of hydrogen-bond donors (Lipinski definition) is 0. The van der Waals surface area contributed by atoms with E-state index in [0.29, 0.717) is 5.92 Å². The standard InChI is InChI=1S/C59H51N/c1-58(2)53-22-9-8-17-47(53)51-35-43(29-31-54(51)58)60(42-27-25-39(26-28-42)46-19-11-16-40-15-10-18-45(56(40)46)38-13-6-5-7-14-38)44-30-32-55-52(36-44)49-21-12-20-48(57(49)59(55,3)4)50-34-37-23-24-41(50)33-37/h5-22,25-32,35-37,41,50H,23-24,33-34H2,1-4H3. The summed E-state index contributed by atoms with van der Waals surface area (Å²) in [6.45, 7) is 9.69. The van der Waals surface area contributed by atoms with Crippen molar-refractivity contribution in [2.24, 2.45) is 11.8 Å². The van der Waals surface area contributed by atoms with Gasteiger partial charge in [-0.15, -0.1) is 0 Å². The Kier molecular flexibility index (Phi) is 7.84. The van der Waals surface area contributed by atoms with Crippen molar-refractivity contribution in [3.05, 3.63) is 198 Å². The summed E-state index contributed by atoms with van der Waals surface area (Å²) in [4.78, 5) is 2.50. The molecule has 1 heteroatoms. The molecule has 292 valence electrons. The fraction of sp³-hybridized carbons (Fsp3) is 0.220. The van der Waals surface area contributed by atoms with Crippen molar-refractivity contribution in [3.8, 4) is 44.5 Å². The van der Waals surface area contributed by atoms with E-state index < -0.39 is 0 Å². The average Bonchev–Trinajstić information content (AvgIpc) is 4.03. The van der Waals surface area contributed by atoms with E-state index in [-0.39, 0.29) is 10.8 Å². The summed E-state index contributed by atoms with van der Waals surface area (Å²) < 4.78 is 0. The van der Waals surface area contributed by atoms with Crippen molar-refractivity contribution in [2.75, 3.05) is 4.90 Å². The molecule has 2 saturated carbocycles. The molecule has 60 heavy (non-hydrogen) atoms. The molecule has 3 unspecified atom stereocenters. The van der Waals surface area contributed by atoms with Gasteiger partial charge in [0.15, 0.2) is 0 Å². The van der Waals surface area contributed by atoms with E-state index in [1.165, 1.54) is 109 Å². The minimum Gasteiger partial charge on any atom is -0.310 e. The molecule has 0 spiro atoms. The van der Waals surface area contributed by atoms with Crippen molar-refractivity contribution in [3.63, 3.8) is 0 Å². The molecule has 8 aromatic rings. The van der Waals surface area contributed by atoms with Crippen molar-refractivity contribution in [1.82, 2.24) is 0 Å². The van der Waals surface area contributed by atoms with Gasteiger partial charge in [0.2, 0.25) is 0 Å². The maximum absolute atomic E-state index is 2.50. The van der Waals surface area contributed by atoms with Crippen LogP contribution in [0.3, 0.4) is 0 Å². The van der Waals surface area contributed by atoms with E-state index in [2.05, 4.69) is 202 Å². The highest BCUT2D eigenvalue weighted by Crippen LogP contribution is 2.59. The van der Waals surface area contributed by atoms with Crippen molar-refractivity contribution >= 4 is 27.8 Å².